The van der Waals surface area contributed by atoms with Crippen molar-refractivity contribution in [3.8, 4) is 5.82 Å². The van der Waals surface area contributed by atoms with Crippen LogP contribution >= 0.6 is 0 Å². The van der Waals surface area contributed by atoms with Crippen LogP contribution in [0.1, 0.15) is 51.9 Å². The summed E-state index contributed by atoms with van der Waals surface area (Å²) in [5.41, 5.74) is 2.46. The molecule has 4 rings (SSSR count). The average Bonchev–Trinajstić information content (AvgIpc) is 3.27. The number of aryl methyl sites for hydroxylation is 2. The monoisotopic (exact) mass is 452 g/mol. The molecule has 33 heavy (non-hydrogen) atoms. The van der Waals surface area contributed by atoms with Crippen molar-refractivity contribution in [2.45, 2.75) is 39.5 Å². The average molecular weight is 453 g/mol. The molecule has 1 aliphatic heterocycles. The van der Waals surface area contributed by atoms with Crippen LogP contribution in [0, 0.1) is 19.8 Å². The number of ketones is 1. The fraction of sp³-hybridized carbons (Fsp3) is 0.360. The highest BCUT2D eigenvalue weighted by molar-refractivity contribution is 6.08. The molecule has 1 aliphatic rings. The lowest BCUT2D eigenvalue weighted by Gasteiger charge is -2.14. The molecule has 0 spiro atoms. The van der Waals surface area contributed by atoms with Crippen molar-refractivity contribution in [1.29, 1.82) is 0 Å². The largest absolute Gasteiger partial charge is 0.345 e. The highest BCUT2D eigenvalue weighted by atomic mass is 19.3. The second-order valence-electron chi connectivity index (χ2n) is 8.81. The summed E-state index contributed by atoms with van der Waals surface area (Å²) in [7, 11) is 1.78. The number of carbonyl (C=O) groups excluding carboxylic acids is 2. The molecule has 3 heterocycles. The van der Waals surface area contributed by atoms with Crippen molar-refractivity contribution in [1.82, 2.24) is 19.7 Å². The van der Waals surface area contributed by atoms with Crippen molar-refractivity contribution in [2.24, 2.45) is 5.92 Å². The Bertz CT molecular complexity index is 1230. The summed E-state index contributed by atoms with van der Waals surface area (Å²) >= 11 is 0. The lowest BCUT2D eigenvalue weighted by atomic mass is 9.96. The number of benzene rings is 1. The van der Waals surface area contributed by atoms with Gasteiger partial charge in [-0.05, 0) is 56.5 Å². The van der Waals surface area contributed by atoms with Crippen LogP contribution in [0.25, 0.3) is 5.82 Å². The number of alkyl halides is 2. The van der Waals surface area contributed by atoms with Crippen molar-refractivity contribution < 1.29 is 18.4 Å². The Balaban J connectivity index is 1.77. The molecule has 8 heteroatoms. The number of likely N-dealkylation sites (tertiary alicyclic amines) is 1. The fourth-order valence-corrected chi connectivity index (χ4v) is 4.22. The first kappa shape index (κ1) is 22.8. The Morgan fingerprint density at radius 1 is 1.18 bits per heavy atom. The molecule has 6 nitrogen and oxygen atoms in total. The molecule has 1 atom stereocenters. The molecule has 3 aromatic rings. The van der Waals surface area contributed by atoms with Crippen molar-refractivity contribution >= 4 is 11.7 Å². The van der Waals surface area contributed by atoms with Crippen molar-refractivity contribution in [3.63, 3.8) is 0 Å². The second kappa shape index (κ2) is 8.50. The van der Waals surface area contributed by atoms with Gasteiger partial charge in [-0.2, -0.15) is 5.10 Å². The summed E-state index contributed by atoms with van der Waals surface area (Å²) in [6, 6.07) is 10.8. The molecular formula is C25H26F2N4O2. The van der Waals surface area contributed by atoms with Crippen LogP contribution < -0.4 is 0 Å². The zero-order chi connectivity index (χ0) is 23.9. The van der Waals surface area contributed by atoms with Crippen LogP contribution in [0.3, 0.4) is 0 Å². The van der Waals surface area contributed by atoms with E-state index in [1.165, 1.54) is 24.3 Å². The summed E-state index contributed by atoms with van der Waals surface area (Å²) in [4.78, 5) is 32.0. The van der Waals surface area contributed by atoms with E-state index >= 15 is 0 Å². The first-order valence-electron chi connectivity index (χ1n) is 10.9. The molecule has 0 radical (unpaired) electrons. The number of carbonyl (C=O) groups is 2. The molecule has 172 valence electrons. The van der Waals surface area contributed by atoms with Crippen LogP contribution in [0.4, 0.5) is 8.78 Å². The SMILES string of the molecule is Cc1cc(C)n(-c2cc(CC3CCN(C)C3=O)cc(C(=O)c3cccc(C(C)(F)F)c3)n2)n1. The smallest absolute Gasteiger partial charge is 0.270 e. The van der Waals surface area contributed by atoms with Crippen molar-refractivity contribution in [2.75, 3.05) is 13.6 Å². The Labute approximate surface area is 191 Å². The van der Waals surface area contributed by atoms with E-state index in [-0.39, 0.29) is 28.6 Å². The number of hydrogen-bond acceptors (Lipinski definition) is 4. The van der Waals surface area contributed by atoms with Gasteiger partial charge in [0.2, 0.25) is 11.7 Å². The molecule has 0 N–H and O–H groups in total. The zero-order valence-corrected chi connectivity index (χ0v) is 19.1. The first-order valence-corrected chi connectivity index (χ1v) is 10.9. The maximum absolute atomic E-state index is 13.8. The van der Waals surface area contributed by atoms with E-state index in [9.17, 15) is 18.4 Å². The first-order chi connectivity index (χ1) is 15.5. The highest BCUT2D eigenvalue weighted by Gasteiger charge is 2.30. The maximum Gasteiger partial charge on any atom is 0.270 e. The predicted octanol–water partition coefficient (Wildman–Crippen LogP) is 4.25. The van der Waals surface area contributed by atoms with Crippen LogP contribution in [-0.2, 0) is 17.1 Å². The third kappa shape index (κ3) is 4.69. The number of amides is 1. The van der Waals surface area contributed by atoms with Crippen LogP contribution in [0.2, 0.25) is 0 Å². The van der Waals surface area contributed by atoms with E-state index in [0.29, 0.717) is 18.8 Å². The number of nitrogens with zero attached hydrogens (tertiary/aromatic N) is 4. The Kier molecular flexibility index (Phi) is 5.86. The molecule has 0 bridgehead atoms. The van der Waals surface area contributed by atoms with Crippen LogP contribution in [0.15, 0.2) is 42.5 Å². The predicted molar refractivity (Wildman–Crippen MR) is 120 cm³/mol. The topological polar surface area (TPSA) is 68.1 Å². The minimum atomic E-state index is -3.06. The summed E-state index contributed by atoms with van der Waals surface area (Å²) in [5.74, 6) is -3.16. The molecule has 0 aliphatic carbocycles. The van der Waals surface area contributed by atoms with Gasteiger partial charge in [0.15, 0.2) is 5.82 Å². The minimum absolute atomic E-state index is 0.0743. The summed E-state index contributed by atoms with van der Waals surface area (Å²) in [6.45, 7) is 5.25. The third-order valence-corrected chi connectivity index (χ3v) is 5.98. The highest BCUT2D eigenvalue weighted by Crippen LogP contribution is 2.28. The Morgan fingerprint density at radius 2 is 1.94 bits per heavy atom. The summed E-state index contributed by atoms with van der Waals surface area (Å²) in [6.07, 6.45) is 1.20. The van der Waals surface area contributed by atoms with Gasteiger partial charge in [0, 0.05) is 43.3 Å². The fourth-order valence-electron chi connectivity index (χ4n) is 4.22. The van der Waals surface area contributed by atoms with Gasteiger partial charge in [-0.1, -0.05) is 18.2 Å². The third-order valence-electron chi connectivity index (χ3n) is 5.98. The molecule has 1 aromatic carbocycles. The number of aromatic nitrogens is 3. The number of hydrogen-bond donors (Lipinski definition) is 0. The number of pyridine rings is 1. The van der Waals surface area contributed by atoms with E-state index in [1.807, 2.05) is 26.0 Å². The van der Waals surface area contributed by atoms with Gasteiger partial charge in [0.05, 0.1) is 5.69 Å². The van der Waals surface area contributed by atoms with Crippen LogP contribution in [0.5, 0.6) is 0 Å². The van der Waals surface area contributed by atoms with Gasteiger partial charge in [-0.3, -0.25) is 9.59 Å². The zero-order valence-electron chi connectivity index (χ0n) is 19.1. The maximum atomic E-state index is 13.8. The van der Waals surface area contributed by atoms with Gasteiger partial charge >= 0.3 is 0 Å². The van der Waals surface area contributed by atoms with Gasteiger partial charge in [-0.25, -0.2) is 18.4 Å². The molecular weight excluding hydrogens is 426 g/mol. The molecule has 0 saturated carbocycles. The molecule has 1 saturated heterocycles. The van der Waals surface area contributed by atoms with E-state index in [2.05, 4.69) is 10.1 Å². The van der Waals surface area contributed by atoms with Gasteiger partial charge in [0.25, 0.3) is 5.92 Å². The normalized spacial score (nSPS) is 16.5. The molecule has 1 unspecified atom stereocenters. The number of rotatable bonds is 6. The quantitative estimate of drug-likeness (QED) is 0.525. The Morgan fingerprint density at radius 3 is 2.55 bits per heavy atom. The molecule has 2 aromatic heterocycles. The van der Waals surface area contributed by atoms with E-state index in [0.717, 1.165) is 30.3 Å². The lowest BCUT2D eigenvalue weighted by Crippen LogP contribution is -2.23. The van der Waals surface area contributed by atoms with Crippen LogP contribution in [-0.4, -0.2) is 44.9 Å². The molecule has 1 fully saturated rings. The van der Waals surface area contributed by atoms with Gasteiger partial charge < -0.3 is 4.90 Å². The Hall–Kier alpha value is -3.42. The van der Waals surface area contributed by atoms with Gasteiger partial charge in [0.1, 0.15) is 5.69 Å². The standard InChI is InChI=1S/C25H26F2N4O2/c1-15-10-16(2)31(29-15)22-13-17(11-19-8-9-30(4)24(19)33)12-21(28-22)23(32)18-6-5-7-20(14-18)25(3,26)27/h5-7,10,12-14,19H,8-9,11H2,1-4H3. The van der Waals surface area contributed by atoms with Gasteiger partial charge in [-0.15, -0.1) is 0 Å². The minimum Gasteiger partial charge on any atom is -0.345 e. The summed E-state index contributed by atoms with van der Waals surface area (Å²) < 4.78 is 29.3. The molecule has 1 amide bonds. The lowest BCUT2D eigenvalue weighted by molar-refractivity contribution is -0.129. The van der Waals surface area contributed by atoms with E-state index < -0.39 is 11.7 Å². The van der Waals surface area contributed by atoms with Crippen molar-refractivity contribution in [3.05, 3.63) is 76.2 Å². The second-order valence-corrected chi connectivity index (χ2v) is 8.81. The van der Waals surface area contributed by atoms with E-state index in [4.69, 9.17) is 0 Å². The number of halogens is 2. The summed E-state index contributed by atoms with van der Waals surface area (Å²) in [5, 5.41) is 4.47. The van der Waals surface area contributed by atoms with E-state index in [1.54, 1.807) is 22.7 Å².